The molecule has 23 heavy (non-hydrogen) atoms. The van der Waals surface area contributed by atoms with E-state index in [-0.39, 0.29) is 18.1 Å². The smallest absolute Gasteiger partial charge is 0.315 e. The van der Waals surface area contributed by atoms with E-state index in [0.717, 1.165) is 34.0 Å². The van der Waals surface area contributed by atoms with Crippen LogP contribution in [-0.2, 0) is 0 Å². The minimum absolute atomic E-state index is 0.0288. The van der Waals surface area contributed by atoms with Crippen LogP contribution in [0.3, 0.4) is 0 Å². The van der Waals surface area contributed by atoms with E-state index >= 15 is 0 Å². The zero-order valence-corrected chi connectivity index (χ0v) is 14.2. The molecule has 1 aromatic carbocycles. The average molecular weight is 331 g/mol. The van der Waals surface area contributed by atoms with Crippen molar-refractivity contribution in [3.8, 4) is 5.75 Å². The third kappa shape index (κ3) is 3.82. The Morgan fingerprint density at radius 3 is 3.04 bits per heavy atom. The van der Waals surface area contributed by atoms with E-state index in [4.69, 9.17) is 4.74 Å². The summed E-state index contributed by atoms with van der Waals surface area (Å²) in [5.74, 6) is 0.860. The van der Waals surface area contributed by atoms with E-state index in [2.05, 4.69) is 15.6 Å². The number of ether oxygens (including phenoxy) is 1. The second kappa shape index (κ2) is 7.00. The summed E-state index contributed by atoms with van der Waals surface area (Å²) in [4.78, 5) is 17.8. The molecule has 6 heteroatoms. The number of nitrogens with one attached hydrogen (secondary N) is 2. The van der Waals surface area contributed by atoms with Crippen molar-refractivity contribution in [3.05, 3.63) is 45.9 Å². The van der Waals surface area contributed by atoms with Gasteiger partial charge < -0.3 is 15.4 Å². The van der Waals surface area contributed by atoms with Crippen molar-refractivity contribution in [1.29, 1.82) is 0 Å². The molecule has 122 valence electrons. The predicted octanol–water partition coefficient (Wildman–Crippen LogP) is 3.73. The van der Waals surface area contributed by atoms with Crippen LogP contribution in [0.25, 0.3) is 0 Å². The molecule has 1 aromatic heterocycles. The second-order valence-corrected chi connectivity index (χ2v) is 7.00. The maximum atomic E-state index is 12.3. The molecule has 2 heterocycles. The van der Waals surface area contributed by atoms with Crippen molar-refractivity contribution in [2.45, 2.75) is 38.8 Å². The number of thiazole rings is 1. The third-order valence-electron chi connectivity index (χ3n) is 3.85. The Morgan fingerprint density at radius 1 is 1.43 bits per heavy atom. The number of amides is 2. The largest absolute Gasteiger partial charge is 0.493 e. The number of benzene rings is 1. The molecule has 0 bridgehead atoms. The molecule has 3 rings (SSSR count). The van der Waals surface area contributed by atoms with Gasteiger partial charge in [0.15, 0.2) is 0 Å². The Bertz CT molecular complexity index is 686. The van der Waals surface area contributed by atoms with Crippen molar-refractivity contribution in [2.24, 2.45) is 0 Å². The number of nitrogens with zero attached hydrogens (tertiary/aromatic N) is 1. The highest BCUT2D eigenvalue weighted by Gasteiger charge is 2.22. The molecular formula is C17H21N3O2S. The van der Waals surface area contributed by atoms with Crippen LogP contribution >= 0.6 is 11.3 Å². The number of urea groups is 1. The molecule has 0 saturated heterocycles. The number of carbonyl (C=O) groups excluding carboxylic acids is 1. The molecule has 1 aliphatic heterocycles. The molecule has 2 atom stereocenters. The van der Waals surface area contributed by atoms with Gasteiger partial charge in [0.1, 0.15) is 10.8 Å². The van der Waals surface area contributed by atoms with Gasteiger partial charge in [-0.25, -0.2) is 9.78 Å². The molecule has 0 spiro atoms. The first-order valence-electron chi connectivity index (χ1n) is 7.84. The number of aromatic nitrogens is 1. The molecule has 0 unspecified atom stereocenters. The summed E-state index contributed by atoms with van der Waals surface area (Å²) in [6.45, 7) is 4.64. The van der Waals surface area contributed by atoms with Crippen LogP contribution < -0.4 is 15.4 Å². The van der Waals surface area contributed by atoms with Crippen LogP contribution in [0.1, 0.15) is 47.3 Å². The van der Waals surface area contributed by atoms with E-state index in [9.17, 15) is 4.79 Å². The monoisotopic (exact) mass is 331 g/mol. The second-order valence-electron chi connectivity index (χ2n) is 5.73. The molecule has 2 amide bonds. The number of carbonyl (C=O) groups is 1. The molecular weight excluding hydrogens is 310 g/mol. The number of aryl methyl sites for hydroxylation is 1. The molecule has 5 nitrogen and oxygen atoms in total. The van der Waals surface area contributed by atoms with E-state index in [1.54, 1.807) is 11.3 Å². The first kappa shape index (κ1) is 15.8. The summed E-state index contributed by atoms with van der Waals surface area (Å²) < 4.78 is 5.73. The summed E-state index contributed by atoms with van der Waals surface area (Å²) in [6.07, 6.45) is 3.62. The number of para-hydroxylation sites is 1. The molecule has 0 saturated carbocycles. The van der Waals surface area contributed by atoms with Crippen LogP contribution in [0.5, 0.6) is 5.75 Å². The standard InChI is InChI=1S/C17H21N3O2S/c1-11-10-18-16(23-11)12(2)19-17(21)20-14-7-5-9-22-15-8-4-3-6-13(14)15/h3-4,6,8,10,12,14H,5,7,9H2,1-2H3,(H2,19,20,21)/t12-,14+/m0/s1. The van der Waals surface area contributed by atoms with Crippen molar-refractivity contribution in [1.82, 2.24) is 15.6 Å². The van der Waals surface area contributed by atoms with Gasteiger partial charge in [0.25, 0.3) is 0 Å². The minimum atomic E-state index is -0.174. The summed E-state index contributed by atoms with van der Waals surface area (Å²) >= 11 is 1.60. The average Bonchev–Trinajstić information content (AvgIpc) is 2.87. The zero-order valence-electron chi connectivity index (χ0n) is 13.3. The van der Waals surface area contributed by atoms with E-state index in [0.29, 0.717) is 6.61 Å². The summed E-state index contributed by atoms with van der Waals surface area (Å²) in [7, 11) is 0. The maximum absolute atomic E-state index is 12.3. The van der Waals surface area contributed by atoms with Gasteiger partial charge in [0, 0.05) is 16.6 Å². The van der Waals surface area contributed by atoms with Gasteiger partial charge in [-0.1, -0.05) is 18.2 Å². The number of fused-ring (bicyclic) bond motifs is 1. The number of hydrogen-bond acceptors (Lipinski definition) is 4. The van der Waals surface area contributed by atoms with Crippen molar-refractivity contribution < 1.29 is 9.53 Å². The molecule has 2 aromatic rings. The highest BCUT2D eigenvalue weighted by molar-refractivity contribution is 7.11. The first-order valence-corrected chi connectivity index (χ1v) is 8.66. The van der Waals surface area contributed by atoms with Crippen LogP contribution in [0.15, 0.2) is 30.5 Å². The normalized spacial score (nSPS) is 18.3. The van der Waals surface area contributed by atoms with Gasteiger partial charge in [-0.3, -0.25) is 0 Å². The Kier molecular flexibility index (Phi) is 4.81. The van der Waals surface area contributed by atoms with Crippen LogP contribution in [0, 0.1) is 6.92 Å². The van der Waals surface area contributed by atoms with Crippen molar-refractivity contribution in [2.75, 3.05) is 6.61 Å². The zero-order chi connectivity index (χ0) is 16.2. The Balaban J connectivity index is 1.65. The lowest BCUT2D eigenvalue weighted by molar-refractivity contribution is 0.233. The van der Waals surface area contributed by atoms with Crippen molar-refractivity contribution in [3.63, 3.8) is 0 Å². The maximum Gasteiger partial charge on any atom is 0.315 e. The highest BCUT2D eigenvalue weighted by Crippen LogP contribution is 2.31. The quantitative estimate of drug-likeness (QED) is 0.901. The Morgan fingerprint density at radius 2 is 2.26 bits per heavy atom. The highest BCUT2D eigenvalue weighted by atomic mass is 32.1. The van der Waals surface area contributed by atoms with Crippen LogP contribution in [-0.4, -0.2) is 17.6 Å². The van der Waals surface area contributed by atoms with Gasteiger partial charge in [-0.05, 0) is 32.8 Å². The fourth-order valence-corrected chi connectivity index (χ4v) is 3.48. The lowest BCUT2D eigenvalue weighted by Gasteiger charge is -2.20. The summed E-state index contributed by atoms with van der Waals surface area (Å²) in [6, 6.07) is 7.58. The molecule has 2 N–H and O–H groups in total. The van der Waals surface area contributed by atoms with Gasteiger partial charge >= 0.3 is 6.03 Å². The SMILES string of the molecule is Cc1cnc([C@H](C)NC(=O)N[C@@H]2CCCOc3ccccc32)s1. The topological polar surface area (TPSA) is 63.2 Å². The van der Waals surface area contributed by atoms with E-state index < -0.39 is 0 Å². The molecule has 0 fully saturated rings. The molecule has 0 aliphatic carbocycles. The molecule has 1 aliphatic rings. The number of rotatable bonds is 3. The van der Waals surface area contributed by atoms with Gasteiger partial charge in [-0.2, -0.15) is 0 Å². The predicted molar refractivity (Wildman–Crippen MR) is 90.8 cm³/mol. The summed E-state index contributed by atoms with van der Waals surface area (Å²) in [5.41, 5.74) is 1.04. The minimum Gasteiger partial charge on any atom is -0.493 e. The Hall–Kier alpha value is -2.08. The lowest BCUT2D eigenvalue weighted by atomic mass is 10.0. The van der Waals surface area contributed by atoms with Gasteiger partial charge in [-0.15, -0.1) is 11.3 Å². The fourth-order valence-electron chi connectivity index (χ4n) is 2.71. The van der Waals surface area contributed by atoms with Gasteiger partial charge in [0.05, 0.1) is 18.7 Å². The Labute approximate surface area is 140 Å². The van der Waals surface area contributed by atoms with E-state index in [1.807, 2.05) is 44.3 Å². The molecule has 0 radical (unpaired) electrons. The van der Waals surface area contributed by atoms with Crippen LogP contribution in [0.2, 0.25) is 0 Å². The number of hydrogen-bond donors (Lipinski definition) is 2. The third-order valence-corrected chi connectivity index (χ3v) is 4.95. The van der Waals surface area contributed by atoms with Crippen molar-refractivity contribution >= 4 is 17.4 Å². The lowest BCUT2D eigenvalue weighted by Crippen LogP contribution is -2.39. The van der Waals surface area contributed by atoms with E-state index in [1.165, 1.54) is 0 Å². The van der Waals surface area contributed by atoms with Gasteiger partial charge in [0.2, 0.25) is 0 Å². The fraction of sp³-hybridized carbons (Fsp3) is 0.412. The van der Waals surface area contributed by atoms with Crippen LogP contribution in [0.4, 0.5) is 4.79 Å². The first-order chi connectivity index (χ1) is 11.1. The summed E-state index contributed by atoms with van der Waals surface area (Å²) in [5, 5.41) is 6.95.